The normalized spacial score (nSPS) is 13.7. The van der Waals surface area contributed by atoms with Gasteiger partial charge in [0.05, 0.1) is 11.9 Å². The molecule has 0 unspecified atom stereocenters. The summed E-state index contributed by atoms with van der Waals surface area (Å²) >= 11 is 0. The number of nitrogens with one attached hydrogen (secondary N) is 1. The minimum atomic E-state index is 0.0285. The van der Waals surface area contributed by atoms with Crippen LogP contribution in [0.5, 0.6) is 0 Å². The SMILES string of the molecule is Cc1cc(NC(=O)CCc2cnn(-c3ccccc3)c2)ccc1N1CCCC1. The Morgan fingerprint density at radius 3 is 2.64 bits per heavy atom. The molecule has 1 amide bonds. The summed E-state index contributed by atoms with van der Waals surface area (Å²) in [6.45, 7) is 4.37. The van der Waals surface area contributed by atoms with E-state index in [1.807, 2.05) is 53.5 Å². The Bertz CT molecular complexity index is 942. The number of carbonyl (C=O) groups excluding carboxylic acids is 1. The van der Waals surface area contributed by atoms with E-state index in [1.165, 1.54) is 24.1 Å². The van der Waals surface area contributed by atoms with Crippen LogP contribution in [0.4, 0.5) is 11.4 Å². The number of amides is 1. The highest BCUT2D eigenvalue weighted by Gasteiger charge is 2.14. The van der Waals surface area contributed by atoms with Crippen LogP contribution in [-0.2, 0) is 11.2 Å². The quantitative estimate of drug-likeness (QED) is 0.698. The molecule has 1 saturated heterocycles. The maximum absolute atomic E-state index is 12.4. The molecule has 1 fully saturated rings. The molecule has 0 aliphatic carbocycles. The van der Waals surface area contributed by atoms with Gasteiger partial charge < -0.3 is 10.2 Å². The van der Waals surface area contributed by atoms with Crippen LogP contribution in [-0.4, -0.2) is 28.8 Å². The maximum atomic E-state index is 12.4. The van der Waals surface area contributed by atoms with E-state index in [9.17, 15) is 4.79 Å². The van der Waals surface area contributed by atoms with Gasteiger partial charge in [-0.25, -0.2) is 4.68 Å². The van der Waals surface area contributed by atoms with Crippen molar-refractivity contribution in [3.63, 3.8) is 0 Å². The van der Waals surface area contributed by atoms with Crippen LogP contribution in [0.2, 0.25) is 0 Å². The number of hydrogen-bond acceptors (Lipinski definition) is 3. The Balaban J connectivity index is 1.32. The van der Waals surface area contributed by atoms with Gasteiger partial charge in [-0.3, -0.25) is 4.79 Å². The van der Waals surface area contributed by atoms with Gasteiger partial charge in [-0.1, -0.05) is 18.2 Å². The van der Waals surface area contributed by atoms with Crippen molar-refractivity contribution in [1.29, 1.82) is 0 Å². The molecule has 144 valence electrons. The number of aromatic nitrogens is 2. The van der Waals surface area contributed by atoms with Crippen LogP contribution in [0.25, 0.3) is 5.69 Å². The fourth-order valence-corrected chi connectivity index (χ4v) is 3.74. The Morgan fingerprint density at radius 1 is 1.11 bits per heavy atom. The molecule has 0 saturated carbocycles. The van der Waals surface area contributed by atoms with Gasteiger partial charge in [0, 0.05) is 37.1 Å². The van der Waals surface area contributed by atoms with Crippen molar-refractivity contribution in [2.24, 2.45) is 0 Å². The van der Waals surface area contributed by atoms with Crippen molar-refractivity contribution < 1.29 is 4.79 Å². The van der Waals surface area contributed by atoms with E-state index in [1.54, 1.807) is 0 Å². The standard InChI is InChI=1S/C23H26N4O/c1-18-15-20(10-11-22(18)26-13-5-6-14-26)25-23(28)12-9-19-16-24-27(17-19)21-7-3-2-4-8-21/h2-4,7-8,10-11,15-17H,5-6,9,12-14H2,1H3,(H,25,28). The number of nitrogens with zero attached hydrogens (tertiary/aromatic N) is 3. The van der Waals surface area contributed by atoms with Crippen LogP contribution in [0.15, 0.2) is 60.9 Å². The Labute approximate surface area is 166 Å². The van der Waals surface area contributed by atoms with Crippen molar-refractivity contribution in [1.82, 2.24) is 9.78 Å². The fourth-order valence-electron chi connectivity index (χ4n) is 3.74. The molecule has 2 heterocycles. The van der Waals surface area contributed by atoms with Crippen LogP contribution >= 0.6 is 0 Å². The van der Waals surface area contributed by atoms with E-state index in [0.29, 0.717) is 12.8 Å². The molecular formula is C23H26N4O. The van der Waals surface area contributed by atoms with Gasteiger partial charge in [0.25, 0.3) is 0 Å². The molecule has 2 aromatic carbocycles. The highest BCUT2D eigenvalue weighted by molar-refractivity contribution is 5.91. The number of rotatable bonds is 6. The zero-order valence-electron chi connectivity index (χ0n) is 16.3. The van der Waals surface area contributed by atoms with E-state index in [4.69, 9.17) is 0 Å². The van der Waals surface area contributed by atoms with Crippen LogP contribution in [0.3, 0.4) is 0 Å². The van der Waals surface area contributed by atoms with Crippen LogP contribution in [0, 0.1) is 6.92 Å². The van der Waals surface area contributed by atoms with Crippen molar-refractivity contribution in [3.8, 4) is 5.69 Å². The summed E-state index contributed by atoms with van der Waals surface area (Å²) in [4.78, 5) is 14.8. The third kappa shape index (κ3) is 4.25. The predicted molar refractivity (Wildman–Crippen MR) is 113 cm³/mol. The molecule has 0 spiro atoms. The first-order valence-electron chi connectivity index (χ1n) is 9.93. The van der Waals surface area contributed by atoms with Gasteiger partial charge in [-0.2, -0.15) is 5.10 Å². The van der Waals surface area contributed by atoms with E-state index in [2.05, 4.69) is 34.4 Å². The molecule has 3 aromatic rings. The molecular weight excluding hydrogens is 348 g/mol. The summed E-state index contributed by atoms with van der Waals surface area (Å²) in [5, 5.41) is 7.41. The third-order valence-electron chi connectivity index (χ3n) is 5.22. The molecule has 1 aliphatic heterocycles. The van der Waals surface area contributed by atoms with Crippen molar-refractivity contribution >= 4 is 17.3 Å². The molecule has 0 bridgehead atoms. The zero-order chi connectivity index (χ0) is 19.3. The van der Waals surface area contributed by atoms with E-state index >= 15 is 0 Å². The summed E-state index contributed by atoms with van der Waals surface area (Å²) in [7, 11) is 0. The van der Waals surface area contributed by atoms with E-state index in [0.717, 1.165) is 30.0 Å². The van der Waals surface area contributed by atoms with Gasteiger partial charge in [0.2, 0.25) is 5.91 Å². The summed E-state index contributed by atoms with van der Waals surface area (Å²) in [6, 6.07) is 16.2. The average molecular weight is 374 g/mol. The molecule has 5 nitrogen and oxygen atoms in total. The van der Waals surface area contributed by atoms with Gasteiger partial charge in [0.15, 0.2) is 0 Å². The van der Waals surface area contributed by atoms with Crippen molar-refractivity contribution in [3.05, 3.63) is 72.1 Å². The molecule has 1 aromatic heterocycles. The predicted octanol–water partition coefficient (Wildman–Crippen LogP) is 4.35. The van der Waals surface area contributed by atoms with Crippen molar-refractivity contribution in [2.75, 3.05) is 23.3 Å². The molecule has 1 N–H and O–H groups in total. The van der Waals surface area contributed by atoms with E-state index in [-0.39, 0.29) is 5.91 Å². The number of anilines is 2. The number of para-hydroxylation sites is 1. The largest absolute Gasteiger partial charge is 0.371 e. The summed E-state index contributed by atoms with van der Waals surface area (Å²) in [5.74, 6) is 0.0285. The van der Waals surface area contributed by atoms with Gasteiger partial charge in [-0.05, 0) is 67.6 Å². The van der Waals surface area contributed by atoms with E-state index < -0.39 is 0 Å². The molecule has 0 radical (unpaired) electrons. The molecule has 1 aliphatic rings. The van der Waals surface area contributed by atoms with Crippen molar-refractivity contribution in [2.45, 2.75) is 32.6 Å². The minimum Gasteiger partial charge on any atom is -0.371 e. The number of hydrogen-bond donors (Lipinski definition) is 1. The second kappa shape index (κ2) is 8.30. The summed E-state index contributed by atoms with van der Waals surface area (Å²) < 4.78 is 1.84. The highest BCUT2D eigenvalue weighted by atomic mass is 16.1. The van der Waals surface area contributed by atoms with Crippen LogP contribution < -0.4 is 10.2 Å². The monoisotopic (exact) mass is 374 g/mol. The van der Waals surface area contributed by atoms with Gasteiger partial charge in [0.1, 0.15) is 0 Å². The molecule has 4 rings (SSSR count). The topological polar surface area (TPSA) is 50.2 Å². The minimum absolute atomic E-state index is 0.0285. The fraction of sp³-hybridized carbons (Fsp3) is 0.304. The average Bonchev–Trinajstić information content (AvgIpc) is 3.39. The molecule has 0 atom stereocenters. The highest BCUT2D eigenvalue weighted by Crippen LogP contribution is 2.26. The number of benzene rings is 2. The van der Waals surface area contributed by atoms with Gasteiger partial charge >= 0.3 is 0 Å². The van der Waals surface area contributed by atoms with Crippen LogP contribution in [0.1, 0.15) is 30.4 Å². The lowest BCUT2D eigenvalue weighted by molar-refractivity contribution is -0.116. The Kier molecular flexibility index (Phi) is 5.42. The zero-order valence-corrected chi connectivity index (χ0v) is 16.3. The summed E-state index contributed by atoms with van der Waals surface area (Å²) in [6.07, 6.45) is 7.45. The lowest BCUT2D eigenvalue weighted by Crippen LogP contribution is -2.19. The second-order valence-electron chi connectivity index (χ2n) is 7.37. The lowest BCUT2D eigenvalue weighted by Gasteiger charge is -2.20. The second-order valence-corrected chi connectivity index (χ2v) is 7.37. The third-order valence-corrected chi connectivity index (χ3v) is 5.22. The maximum Gasteiger partial charge on any atom is 0.224 e. The van der Waals surface area contributed by atoms with Gasteiger partial charge in [-0.15, -0.1) is 0 Å². The summed E-state index contributed by atoms with van der Waals surface area (Å²) in [5.41, 5.74) is 5.43. The first-order valence-corrected chi connectivity index (χ1v) is 9.93. The lowest BCUT2D eigenvalue weighted by atomic mass is 10.1. The Morgan fingerprint density at radius 2 is 1.89 bits per heavy atom. The molecule has 28 heavy (non-hydrogen) atoms. The molecule has 5 heteroatoms. The number of carbonyl (C=O) groups is 1. The first kappa shape index (κ1) is 18.3. The smallest absolute Gasteiger partial charge is 0.224 e. The number of aryl methyl sites for hydroxylation is 2. The first-order chi connectivity index (χ1) is 13.7. The Hall–Kier alpha value is -3.08.